The van der Waals surface area contributed by atoms with E-state index in [2.05, 4.69) is 12.2 Å². The lowest BCUT2D eigenvalue weighted by molar-refractivity contribution is 0.285. The molecule has 0 bridgehead atoms. The monoisotopic (exact) mass is 269 g/mol. The van der Waals surface area contributed by atoms with Crippen molar-refractivity contribution in [2.75, 3.05) is 11.1 Å². The van der Waals surface area contributed by atoms with E-state index in [9.17, 15) is 8.42 Å². The molecule has 0 radical (unpaired) electrons. The van der Waals surface area contributed by atoms with E-state index in [4.69, 9.17) is 10.9 Å². The molecule has 2 rings (SSSR count). The van der Waals surface area contributed by atoms with Crippen LogP contribution in [-0.4, -0.2) is 14.5 Å². The normalized spacial score (nSPS) is 18.1. The molecule has 0 amide bonds. The highest BCUT2D eigenvalue weighted by molar-refractivity contribution is 7.89. The third-order valence-electron chi connectivity index (χ3n) is 3.51. The van der Waals surface area contributed by atoms with Gasteiger partial charge in [-0.05, 0) is 43.9 Å². The molecule has 0 saturated heterocycles. The molecule has 1 aliphatic rings. The van der Waals surface area contributed by atoms with E-state index >= 15 is 0 Å². The molecular weight excluding hydrogens is 250 g/mol. The zero-order valence-corrected chi connectivity index (χ0v) is 11.2. The van der Waals surface area contributed by atoms with Gasteiger partial charge in [0.25, 0.3) is 0 Å². The molecule has 0 aromatic heterocycles. The molecule has 5 N–H and O–H groups in total. The van der Waals surface area contributed by atoms with E-state index in [0.29, 0.717) is 23.3 Å². The van der Waals surface area contributed by atoms with Crippen LogP contribution in [0, 0.1) is 5.92 Å². The summed E-state index contributed by atoms with van der Waals surface area (Å²) in [5, 5.41) is 8.41. The number of benzene rings is 1. The summed E-state index contributed by atoms with van der Waals surface area (Å²) in [6.45, 7) is 2.10. The van der Waals surface area contributed by atoms with Crippen LogP contribution in [0.4, 0.5) is 11.4 Å². The first kappa shape index (κ1) is 13.2. The maximum Gasteiger partial charge on any atom is 0.238 e. The minimum atomic E-state index is -3.72. The number of rotatable bonds is 4. The Balaban J connectivity index is 2.20. The third-order valence-corrected chi connectivity index (χ3v) is 4.40. The number of nitrogens with two attached hydrogens (primary N) is 2. The van der Waals surface area contributed by atoms with Gasteiger partial charge in [-0.2, -0.15) is 0 Å². The number of nitrogens with one attached hydrogen (secondary N) is 1. The first-order chi connectivity index (χ1) is 8.36. The SMILES string of the molecule is CC(Nc1cc(N)cc(S(N)(=O)=O)c1)C1CCC1. The summed E-state index contributed by atoms with van der Waals surface area (Å²) in [6, 6.07) is 4.94. The summed E-state index contributed by atoms with van der Waals surface area (Å²) in [6.07, 6.45) is 3.72. The maximum absolute atomic E-state index is 11.3. The quantitative estimate of drug-likeness (QED) is 0.722. The van der Waals surface area contributed by atoms with Crippen molar-refractivity contribution in [2.24, 2.45) is 11.1 Å². The molecule has 1 fully saturated rings. The van der Waals surface area contributed by atoms with E-state index in [1.54, 1.807) is 6.07 Å². The molecule has 18 heavy (non-hydrogen) atoms. The van der Waals surface area contributed by atoms with Gasteiger partial charge in [-0.1, -0.05) is 6.42 Å². The Hall–Kier alpha value is -1.27. The molecule has 1 saturated carbocycles. The average molecular weight is 269 g/mol. The van der Waals surface area contributed by atoms with E-state index in [-0.39, 0.29) is 4.90 Å². The second-order valence-electron chi connectivity index (χ2n) is 4.96. The Kier molecular flexibility index (Phi) is 3.49. The first-order valence-corrected chi connectivity index (χ1v) is 7.61. The molecule has 0 spiro atoms. The third kappa shape index (κ3) is 2.94. The Morgan fingerprint density at radius 2 is 2.00 bits per heavy atom. The van der Waals surface area contributed by atoms with Crippen LogP contribution in [0.15, 0.2) is 23.1 Å². The van der Waals surface area contributed by atoms with Gasteiger partial charge in [0, 0.05) is 17.4 Å². The molecular formula is C12H19N3O2S. The van der Waals surface area contributed by atoms with Crippen LogP contribution in [0.25, 0.3) is 0 Å². The van der Waals surface area contributed by atoms with Crippen LogP contribution in [0.1, 0.15) is 26.2 Å². The lowest BCUT2D eigenvalue weighted by Crippen LogP contribution is -2.30. The van der Waals surface area contributed by atoms with Crippen LogP contribution in [-0.2, 0) is 10.0 Å². The molecule has 1 atom stereocenters. The van der Waals surface area contributed by atoms with Crippen LogP contribution >= 0.6 is 0 Å². The molecule has 0 heterocycles. The molecule has 1 aliphatic carbocycles. The van der Waals surface area contributed by atoms with Gasteiger partial charge in [-0.15, -0.1) is 0 Å². The highest BCUT2D eigenvalue weighted by atomic mass is 32.2. The molecule has 6 heteroatoms. The van der Waals surface area contributed by atoms with E-state index in [1.807, 2.05) is 0 Å². The summed E-state index contributed by atoms with van der Waals surface area (Å²) in [5.74, 6) is 0.657. The van der Waals surface area contributed by atoms with Crippen LogP contribution < -0.4 is 16.2 Å². The Labute approximate surface area is 108 Å². The predicted octanol–water partition coefficient (Wildman–Crippen LogP) is 1.52. The van der Waals surface area contributed by atoms with Crippen LogP contribution in [0.5, 0.6) is 0 Å². The number of hydrogen-bond acceptors (Lipinski definition) is 4. The standard InChI is InChI=1S/C12H19N3O2S/c1-8(9-3-2-4-9)15-11-5-10(13)6-12(7-11)18(14,16)17/h5-9,15H,2-4,13H2,1H3,(H2,14,16,17). The summed E-state index contributed by atoms with van der Waals surface area (Å²) < 4.78 is 22.6. The average Bonchev–Trinajstić information content (AvgIpc) is 2.11. The largest absolute Gasteiger partial charge is 0.399 e. The number of primary sulfonamides is 1. The van der Waals surface area contributed by atoms with Gasteiger partial charge in [-0.25, -0.2) is 13.6 Å². The second-order valence-corrected chi connectivity index (χ2v) is 6.52. The number of nitrogen functional groups attached to an aromatic ring is 1. The van der Waals surface area contributed by atoms with Crippen molar-refractivity contribution >= 4 is 21.4 Å². The van der Waals surface area contributed by atoms with Gasteiger partial charge in [0.2, 0.25) is 10.0 Å². The smallest absolute Gasteiger partial charge is 0.238 e. The van der Waals surface area contributed by atoms with Crippen molar-refractivity contribution in [2.45, 2.75) is 37.1 Å². The van der Waals surface area contributed by atoms with Crippen molar-refractivity contribution < 1.29 is 8.42 Å². The van der Waals surface area contributed by atoms with Gasteiger partial charge in [0.15, 0.2) is 0 Å². The lowest BCUT2D eigenvalue weighted by atomic mass is 9.80. The van der Waals surface area contributed by atoms with Crippen molar-refractivity contribution in [3.63, 3.8) is 0 Å². The van der Waals surface area contributed by atoms with Gasteiger partial charge >= 0.3 is 0 Å². The Bertz CT molecular complexity index is 538. The molecule has 0 aliphatic heterocycles. The minimum absolute atomic E-state index is 0.0470. The van der Waals surface area contributed by atoms with Crippen molar-refractivity contribution in [3.05, 3.63) is 18.2 Å². The highest BCUT2D eigenvalue weighted by Gasteiger charge is 2.24. The summed E-state index contributed by atoms with van der Waals surface area (Å²) >= 11 is 0. The van der Waals surface area contributed by atoms with Gasteiger partial charge < -0.3 is 11.1 Å². The van der Waals surface area contributed by atoms with Gasteiger partial charge in [0.1, 0.15) is 0 Å². The van der Waals surface area contributed by atoms with Gasteiger partial charge in [0.05, 0.1) is 4.90 Å². The summed E-state index contributed by atoms with van der Waals surface area (Å²) in [5.41, 5.74) is 6.79. The molecule has 100 valence electrons. The number of hydrogen-bond donors (Lipinski definition) is 3. The predicted molar refractivity (Wildman–Crippen MR) is 72.7 cm³/mol. The highest BCUT2D eigenvalue weighted by Crippen LogP contribution is 2.31. The number of sulfonamides is 1. The molecule has 1 unspecified atom stereocenters. The van der Waals surface area contributed by atoms with Crippen LogP contribution in [0.2, 0.25) is 0 Å². The molecule has 5 nitrogen and oxygen atoms in total. The van der Waals surface area contributed by atoms with E-state index in [1.165, 1.54) is 31.4 Å². The molecule has 1 aromatic rings. The van der Waals surface area contributed by atoms with E-state index in [0.717, 1.165) is 0 Å². The Morgan fingerprint density at radius 1 is 1.33 bits per heavy atom. The Morgan fingerprint density at radius 3 is 2.50 bits per heavy atom. The lowest BCUT2D eigenvalue weighted by Gasteiger charge is -2.32. The van der Waals surface area contributed by atoms with Crippen molar-refractivity contribution in [1.82, 2.24) is 0 Å². The van der Waals surface area contributed by atoms with Crippen molar-refractivity contribution in [3.8, 4) is 0 Å². The first-order valence-electron chi connectivity index (χ1n) is 6.06. The summed E-state index contributed by atoms with van der Waals surface area (Å²) in [4.78, 5) is 0.0470. The van der Waals surface area contributed by atoms with Crippen molar-refractivity contribution in [1.29, 1.82) is 0 Å². The van der Waals surface area contributed by atoms with E-state index < -0.39 is 10.0 Å². The second kappa shape index (κ2) is 4.78. The number of anilines is 2. The zero-order chi connectivity index (χ0) is 13.3. The minimum Gasteiger partial charge on any atom is -0.399 e. The topological polar surface area (TPSA) is 98.2 Å². The molecule has 1 aromatic carbocycles. The maximum atomic E-state index is 11.3. The van der Waals surface area contributed by atoms with Crippen LogP contribution in [0.3, 0.4) is 0 Å². The van der Waals surface area contributed by atoms with Gasteiger partial charge in [-0.3, -0.25) is 0 Å². The fourth-order valence-electron chi connectivity index (χ4n) is 2.19. The fourth-order valence-corrected chi connectivity index (χ4v) is 2.78. The zero-order valence-electron chi connectivity index (χ0n) is 10.4. The summed E-state index contributed by atoms with van der Waals surface area (Å²) in [7, 11) is -3.72. The fraction of sp³-hybridized carbons (Fsp3) is 0.500.